The number of hydrogen-bond acceptors (Lipinski definition) is 4. The number of allylic oxidation sites excluding steroid dienone is 3. The third kappa shape index (κ3) is 19.2. The summed E-state index contributed by atoms with van der Waals surface area (Å²) in [6.45, 7) is 10.8. The highest BCUT2D eigenvalue weighted by molar-refractivity contribution is 5.76. The van der Waals surface area contributed by atoms with Crippen molar-refractivity contribution in [2.24, 2.45) is 0 Å². The Morgan fingerprint density at radius 3 is 1.97 bits per heavy atom. The van der Waals surface area contributed by atoms with Crippen LogP contribution in [0.15, 0.2) is 37.1 Å². The minimum Gasteiger partial charge on any atom is -0.464 e. The van der Waals surface area contributed by atoms with Gasteiger partial charge in [-0.05, 0) is 31.9 Å². The topological polar surface area (TPSA) is 76.7 Å². The van der Waals surface area contributed by atoms with Crippen LogP contribution in [-0.4, -0.2) is 38.4 Å². The minimum atomic E-state index is -0.280. The van der Waals surface area contributed by atoms with Crippen molar-refractivity contribution in [3.05, 3.63) is 37.1 Å². The summed E-state index contributed by atoms with van der Waals surface area (Å²) >= 11 is 0. The fourth-order valence-corrected chi connectivity index (χ4v) is 2.94. The Morgan fingerprint density at radius 1 is 0.867 bits per heavy atom. The van der Waals surface area contributed by atoms with E-state index in [9.17, 15) is 9.59 Å². The minimum absolute atomic E-state index is 0.0699. The summed E-state index contributed by atoms with van der Waals surface area (Å²) < 4.78 is 10.1. The molecule has 0 aromatic heterocycles. The molecule has 6 heteroatoms. The van der Waals surface area contributed by atoms with Crippen molar-refractivity contribution >= 4 is 12.0 Å². The molecule has 0 saturated carbocycles. The van der Waals surface area contributed by atoms with Gasteiger partial charge in [0.05, 0.1) is 6.61 Å². The number of urea groups is 1. The predicted octanol–water partition coefficient (Wildman–Crippen LogP) is 5.41. The number of rotatable bonds is 20. The number of esters is 1. The molecule has 0 rings (SSSR count). The maximum atomic E-state index is 11.7. The molecule has 0 radical (unpaired) electrons. The molecular weight excluding hydrogens is 380 g/mol. The third-order valence-corrected chi connectivity index (χ3v) is 4.55. The first-order valence-electron chi connectivity index (χ1n) is 11.4. The van der Waals surface area contributed by atoms with Crippen LogP contribution in [0.5, 0.6) is 0 Å². The quantitative estimate of drug-likeness (QED) is 0.156. The van der Waals surface area contributed by atoms with Crippen molar-refractivity contribution in [2.75, 3.05) is 26.4 Å². The predicted molar refractivity (Wildman–Crippen MR) is 123 cm³/mol. The zero-order valence-corrected chi connectivity index (χ0v) is 18.9. The summed E-state index contributed by atoms with van der Waals surface area (Å²) in [5.41, 5.74) is 0.643. The standard InChI is InChI=1S/C24H42N2O4/c1-4-18-22(5-2)26-24(28)25-19-16-14-12-10-8-7-9-11-13-15-17-20-29-21-23(27)30-6-3/h4-5,18H,1-2,6-17,19-21H2,3H3,(H2,25,26,28)/b22-18+. The molecule has 0 aliphatic carbocycles. The maximum absolute atomic E-state index is 11.7. The highest BCUT2D eigenvalue weighted by Gasteiger charge is 2.01. The summed E-state index contributed by atoms with van der Waals surface area (Å²) in [4.78, 5) is 22.8. The molecule has 0 unspecified atom stereocenters. The molecule has 0 bridgehead atoms. The highest BCUT2D eigenvalue weighted by Crippen LogP contribution is 2.11. The monoisotopic (exact) mass is 422 g/mol. The number of carbonyl (C=O) groups excluding carboxylic acids is 2. The maximum Gasteiger partial charge on any atom is 0.332 e. The molecule has 172 valence electrons. The van der Waals surface area contributed by atoms with Crippen molar-refractivity contribution in [3.8, 4) is 0 Å². The van der Waals surface area contributed by atoms with Gasteiger partial charge in [0, 0.05) is 18.8 Å². The Balaban J connectivity index is 3.29. The zero-order valence-electron chi connectivity index (χ0n) is 18.9. The van der Waals surface area contributed by atoms with Gasteiger partial charge >= 0.3 is 12.0 Å². The lowest BCUT2D eigenvalue weighted by Crippen LogP contribution is -2.35. The van der Waals surface area contributed by atoms with Gasteiger partial charge in [-0.3, -0.25) is 0 Å². The molecule has 0 aliphatic rings. The van der Waals surface area contributed by atoms with E-state index in [1.807, 2.05) is 0 Å². The summed E-state index contributed by atoms with van der Waals surface area (Å²) in [7, 11) is 0. The Labute approximate surface area is 183 Å². The normalized spacial score (nSPS) is 11.0. The van der Waals surface area contributed by atoms with Crippen LogP contribution in [0, 0.1) is 0 Å². The van der Waals surface area contributed by atoms with Crippen LogP contribution in [0.2, 0.25) is 0 Å². The molecule has 0 heterocycles. The largest absolute Gasteiger partial charge is 0.464 e. The van der Waals surface area contributed by atoms with E-state index in [2.05, 4.69) is 23.8 Å². The average molecular weight is 423 g/mol. The van der Waals surface area contributed by atoms with E-state index in [4.69, 9.17) is 9.47 Å². The van der Waals surface area contributed by atoms with Crippen LogP contribution in [0.3, 0.4) is 0 Å². The summed E-state index contributed by atoms with van der Waals surface area (Å²) in [5, 5.41) is 5.58. The van der Waals surface area contributed by atoms with Gasteiger partial charge in [-0.15, -0.1) is 0 Å². The Hall–Kier alpha value is -2.08. The van der Waals surface area contributed by atoms with E-state index >= 15 is 0 Å². The van der Waals surface area contributed by atoms with Gasteiger partial charge in [0.15, 0.2) is 0 Å². The Morgan fingerprint density at radius 2 is 1.43 bits per heavy atom. The molecule has 0 fully saturated rings. The lowest BCUT2D eigenvalue weighted by molar-refractivity contribution is -0.148. The molecule has 6 nitrogen and oxygen atoms in total. The molecule has 0 aromatic rings. The van der Waals surface area contributed by atoms with E-state index < -0.39 is 0 Å². The Bertz CT molecular complexity index is 503. The number of hydrogen-bond donors (Lipinski definition) is 2. The highest BCUT2D eigenvalue weighted by atomic mass is 16.6. The fraction of sp³-hybridized carbons (Fsp3) is 0.667. The van der Waals surface area contributed by atoms with Crippen LogP contribution in [0.25, 0.3) is 0 Å². The van der Waals surface area contributed by atoms with Crippen LogP contribution in [0.4, 0.5) is 4.79 Å². The summed E-state index contributed by atoms with van der Waals surface area (Å²) in [5.74, 6) is -0.280. The van der Waals surface area contributed by atoms with E-state index in [-0.39, 0.29) is 18.6 Å². The number of ether oxygens (including phenoxy) is 2. The lowest BCUT2D eigenvalue weighted by Gasteiger charge is -2.08. The van der Waals surface area contributed by atoms with E-state index in [0.717, 1.165) is 25.7 Å². The summed E-state index contributed by atoms with van der Waals surface area (Å²) in [6.07, 6.45) is 18.0. The van der Waals surface area contributed by atoms with Gasteiger partial charge in [0.1, 0.15) is 6.61 Å². The smallest absolute Gasteiger partial charge is 0.332 e. The summed E-state index contributed by atoms with van der Waals surface area (Å²) in [6, 6.07) is -0.200. The van der Waals surface area contributed by atoms with E-state index in [0.29, 0.717) is 25.5 Å². The molecule has 0 saturated heterocycles. The zero-order chi connectivity index (χ0) is 22.3. The van der Waals surface area contributed by atoms with Crippen LogP contribution in [-0.2, 0) is 14.3 Å². The second-order valence-electron chi connectivity index (χ2n) is 7.19. The van der Waals surface area contributed by atoms with Gasteiger partial charge in [-0.1, -0.05) is 77.0 Å². The number of unbranched alkanes of at least 4 members (excludes halogenated alkanes) is 10. The van der Waals surface area contributed by atoms with Crippen molar-refractivity contribution < 1.29 is 19.1 Å². The van der Waals surface area contributed by atoms with Gasteiger partial charge in [-0.25, -0.2) is 9.59 Å². The van der Waals surface area contributed by atoms with Gasteiger partial charge in [0.25, 0.3) is 0 Å². The van der Waals surface area contributed by atoms with Crippen LogP contribution >= 0.6 is 0 Å². The van der Waals surface area contributed by atoms with Crippen molar-refractivity contribution in [1.29, 1.82) is 0 Å². The Kier molecular flexibility index (Phi) is 20.1. The molecule has 0 aromatic carbocycles. The molecule has 30 heavy (non-hydrogen) atoms. The van der Waals surface area contributed by atoms with Gasteiger partial charge in [0.2, 0.25) is 0 Å². The first kappa shape index (κ1) is 27.9. The molecule has 2 N–H and O–H groups in total. The van der Waals surface area contributed by atoms with Crippen molar-refractivity contribution in [3.63, 3.8) is 0 Å². The number of amides is 2. The van der Waals surface area contributed by atoms with Gasteiger partial charge in [-0.2, -0.15) is 0 Å². The van der Waals surface area contributed by atoms with Gasteiger partial charge < -0.3 is 20.1 Å². The second kappa shape index (κ2) is 21.6. The average Bonchev–Trinajstić information content (AvgIpc) is 2.73. The van der Waals surface area contributed by atoms with Crippen LogP contribution < -0.4 is 10.6 Å². The molecule has 0 aliphatic heterocycles. The number of carbonyl (C=O) groups is 2. The molecule has 0 atom stereocenters. The van der Waals surface area contributed by atoms with Crippen LogP contribution in [0.1, 0.15) is 77.6 Å². The van der Waals surface area contributed by atoms with Crippen molar-refractivity contribution in [1.82, 2.24) is 10.6 Å². The van der Waals surface area contributed by atoms with E-state index in [1.165, 1.54) is 44.9 Å². The third-order valence-electron chi connectivity index (χ3n) is 4.55. The first-order chi connectivity index (χ1) is 14.6. The second-order valence-corrected chi connectivity index (χ2v) is 7.19. The molecule has 2 amide bonds. The first-order valence-corrected chi connectivity index (χ1v) is 11.4. The lowest BCUT2D eigenvalue weighted by atomic mass is 10.1. The molecule has 0 spiro atoms. The fourth-order valence-electron chi connectivity index (χ4n) is 2.94. The van der Waals surface area contributed by atoms with Crippen molar-refractivity contribution in [2.45, 2.75) is 77.6 Å². The SMILES string of the molecule is C=C/C=C(\C=C)NC(=O)NCCCCCCCCCCCCCOCC(=O)OCC. The number of nitrogens with one attached hydrogen (secondary N) is 2. The van der Waals surface area contributed by atoms with E-state index in [1.54, 1.807) is 25.2 Å². The molecular formula is C24H42N2O4.